The SMILES string of the molecule is [C-]#[N+]c1c(Cl)nc(C)c(Br)c1Cl. The molecule has 1 rings (SSSR count). The van der Waals surface area contributed by atoms with Crippen molar-refractivity contribution in [1.29, 1.82) is 0 Å². The second-order valence-corrected chi connectivity index (χ2v) is 3.61. The molecule has 0 unspecified atom stereocenters. The van der Waals surface area contributed by atoms with Gasteiger partial charge in [-0.1, -0.05) is 23.2 Å². The maximum Gasteiger partial charge on any atom is 0.242 e. The van der Waals surface area contributed by atoms with Gasteiger partial charge in [-0.3, -0.25) is 4.98 Å². The van der Waals surface area contributed by atoms with Gasteiger partial charge in [-0.2, -0.15) is 0 Å². The number of nitrogens with zero attached hydrogens (tertiary/aromatic N) is 2. The fourth-order valence-corrected chi connectivity index (χ4v) is 1.55. The highest BCUT2D eigenvalue weighted by molar-refractivity contribution is 9.10. The lowest BCUT2D eigenvalue weighted by Gasteiger charge is -2.03. The van der Waals surface area contributed by atoms with Gasteiger partial charge in [0.2, 0.25) is 5.69 Å². The van der Waals surface area contributed by atoms with Crippen LogP contribution in [0.25, 0.3) is 4.85 Å². The van der Waals surface area contributed by atoms with Crippen LogP contribution in [0.1, 0.15) is 5.69 Å². The van der Waals surface area contributed by atoms with Gasteiger partial charge in [-0.05, 0) is 22.9 Å². The lowest BCUT2D eigenvalue weighted by Crippen LogP contribution is -1.85. The van der Waals surface area contributed by atoms with E-state index in [1.807, 2.05) is 0 Å². The third-order valence-electron chi connectivity index (χ3n) is 1.29. The molecule has 2 nitrogen and oxygen atoms in total. The number of pyridine rings is 1. The molecule has 0 saturated heterocycles. The molecule has 0 fully saturated rings. The Balaban J connectivity index is 3.54. The van der Waals surface area contributed by atoms with Crippen LogP contribution in [0.4, 0.5) is 5.69 Å². The molecule has 0 aromatic carbocycles. The fraction of sp³-hybridized carbons (Fsp3) is 0.143. The summed E-state index contributed by atoms with van der Waals surface area (Å²) in [6, 6.07) is 0. The molecule has 62 valence electrons. The van der Waals surface area contributed by atoms with Crippen molar-refractivity contribution in [3.05, 3.63) is 31.8 Å². The zero-order valence-corrected chi connectivity index (χ0v) is 9.13. The molecule has 0 atom stereocenters. The van der Waals surface area contributed by atoms with E-state index in [9.17, 15) is 0 Å². The Bertz CT molecular complexity index is 371. The largest absolute Gasteiger partial charge is 0.252 e. The van der Waals surface area contributed by atoms with E-state index >= 15 is 0 Å². The summed E-state index contributed by atoms with van der Waals surface area (Å²) < 4.78 is 0.625. The van der Waals surface area contributed by atoms with E-state index in [0.717, 1.165) is 0 Å². The van der Waals surface area contributed by atoms with Crippen molar-refractivity contribution in [1.82, 2.24) is 4.98 Å². The Kier molecular flexibility index (Phi) is 2.94. The van der Waals surface area contributed by atoms with Crippen LogP contribution in [-0.4, -0.2) is 4.98 Å². The number of aryl methyl sites for hydroxylation is 1. The second-order valence-electron chi connectivity index (χ2n) is 2.08. The molecular formula is C7H3BrCl2N2. The average molecular weight is 266 g/mol. The summed E-state index contributed by atoms with van der Waals surface area (Å²) in [5, 5.41) is 0.471. The monoisotopic (exact) mass is 264 g/mol. The lowest BCUT2D eigenvalue weighted by atomic mass is 10.3. The van der Waals surface area contributed by atoms with Gasteiger partial charge < -0.3 is 0 Å². The third-order valence-corrected chi connectivity index (χ3v) is 3.12. The first-order valence-corrected chi connectivity index (χ1v) is 4.51. The van der Waals surface area contributed by atoms with Gasteiger partial charge in [0.1, 0.15) is 5.15 Å². The van der Waals surface area contributed by atoms with Gasteiger partial charge in [0.05, 0.1) is 17.3 Å². The minimum absolute atomic E-state index is 0.149. The molecule has 1 aromatic rings. The molecule has 0 aliphatic carbocycles. The van der Waals surface area contributed by atoms with Crippen molar-refractivity contribution in [2.24, 2.45) is 0 Å². The van der Waals surface area contributed by atoms with Crippen molar-refractivity contribution in [3.63, 3.8) is 0 Å². The number of aromatic nitrogens is 1. The van der Waals surface area contributed by atoms with E-state index in [1.54, 1.807) is 6.92 Å². The Morgan fingerprint density at radius 3 is 2.58 bits per heavy atom. The smallest absolute Gasteiger partial charge is 0.242 e. The summed E-state index contributed by atoms with van der Waals surface area (Å²) >= 11 is 14.7. The minimum Gasteiger partial charge on any atom is -0.252 e. The van der Waals surface area contributed by atoms with E-state index in [4.69, 9.17) is 29.8 Å². The Hall–Kier alpha value is -0.300. The van der Waals surface area contributed by atoms with Crippen LogP contribution in [0, 0.1) is 13.5 Å². The molecule has 0 aliphatic heterocycles. The van der Waals surface area contributed by atoms with E-state index in [1.165, 1.54) is 0 Å². The maximum absolute atomic E-state index is 6.79. The predicted molar refractivity (Wildman–Crippen MR) is 53.0 cm³/mol. The first-order valence-electron chi connectivity index (χ1n) is 2.96. The van der Waals surface area contributed by atoms with E-state index < -0.39 is 0 Å². The number of halogens is 3. The molecule has 0 saturated carbocycles. The van der Waals surface area contributed by atoms with Crippen molar-refractivity contribution in [2.45, 2.75) is 6.92 Å². The maximum atomic E-state index is 6.79. The lowest BCUT2D eigenvalue weighted by molar-refractivity contribution is 1.19. The van der Waals surface area contributed by atoms with Crippen LogP contribution in [-0.2, 0) is 0 Å². The van der Waals surface area contributed by atoms with Crippen LogP contribution in [0.15, 0.2) is 4.47 Å². The molecule has 0 bridgehead atoms. The topological polar surface area (TPSA) is 17.2 Å². The van der Waals surface area contributed by atoms with Crippen LogP contribution in [0.3, 0.4) is 0 Å². The first-order chi connectivity index (χ1) is 5.57. The predicted octanol–water partition coefficient (Wildman–Crippen LogP) is 4.01. The van der Waals surface area contributed by atoms with Crippen molar-refractivity contribution < 1.29 is 0 Å². The minimum atomic E-state index is 0.149. The molecule has 0 radical (unpaired) electrons. The first kappa shape index (κ1) is 9.79. The Labute approximate surface area is 88.5 Å². The van der Waals surface area contributed by atoms with Crippen LogP contribution in [0.5, 0.6) is 0 Å². The molecule has 12 heavy (non-hydrogen) atoms. The van der Waals surface area contributed by atoms with Gasteiger partial charge in [0, 0.05) is 4.47 Å². The van der Waals surface area contributed by atoms with Crippen molar-refractivity contribution >= 4 is 44.8 Å². The van der Waals surface area contributed by atoms with Gasteiger partial charge in [-0.15, -0.1) is 0 Å². The number of hydrogen-bond acceptors (Lipinski definition) is 1. The van der Waals surface area contributed by atoms with Gasteiger partial charge >= 0.3 is 0 Å². The summed E-state index contributed by atoms with van der Waals surface area (Å²) in [7, 11) is 0. The Morgan fingerprint density at radius 2 is 2.08 bits per heavy atom. The zero-order valence-electron chi connectivity index (χ0n) is 6.03. The summed E-state index contributed by atoms with van der Waals surface area (Å²) in [6.45, 7) is 8.55. The quantitative estimate of drug-likeness (QED) is 0.512. The second kappa shape index (κ2) is 3.61. The van der Waals surface area contributed by atoms with E-state index in [0.29, 0.717) is 15.2 Å². The summed E-state index contributed by atoms with van der Waals surface area (Å²) in [5.41, 5.74) is 0.869. The van der Waals surface area contributed by atoms with Gasteiger partial charge in [-0.25, -0.2) is 4.85 Å². The van der Waals surface area contributed by atoms with Crippen molar-refractivity contribution in [2.75, 3.05) is 0 Å². The fourth-order valence-electron chi connectivity index (χ4n) is 0.698. The molecule has 0 N–H and O–H groups in total. The normalized spacial score (nSPS) is 9.58. The summed E-state index contributed by atoms with van der Waals surface area (Å²) in [6.07, 6.45) is 0. The molecule has 0 spiro atoms. The Morgan fingerprint density at radius 1 is 1.50 bits per heavy atom. The molecule has 0 amide bonds. The molecule has 1 aromatic heterocycles. The van der Waals surface area contributed by atoms with Crippen LogP contribution in [0.2, 0.25) is 10.2 Å². The van der Waals surface area contributed by atoms with Gasteiger partial charge in [0.15, 0.2) is 0 Å². The molecule has 5 heteroatoms. The summed E-state index contributed by atoms with van der Waals surface area (Å²) in [5.74, 6) is 0. The van der Waals surface area contributed by atoms with Gasteiger partial charge in [0.25, 0.3) is 0 Å². The number of hydrogen-bond donors (Lipinski definition) is 0. The molecule has 1 heterocycles. The summed E-state index contributed by atoms with van der Waals surface area (Å²) in [4.78, 5) is 7.09. The highest BCUT2D eigenvalue weighted by atomic mass is 79.9. The highest BCUT2D eigenvalue weighted by Gasteiger charge is 2.12. The highest BCUT2D eigenvalue weighted by Crippen LogP contribution is 2.38. The average Bonchev–Trinajstić information content (AvgIpc) is 2.01. The van der Waals surface area contributed by atoms with E-state index in [-0.39, 0.29) is 10.8 Å². The van der Waals surface area contributed by atoms with Crippen molar-refractivity contribution in [3.8, 4) is 0 Å². The van der Waals surface area contributed by atoms with Crippen LogP contribution >= 0.6 is 39.1 Å². The third kappa shape index (κ3) is 1.56. The van der Waals surface area contributed by atoms with E-state index in [2.05, 4.69) is 25.8 Å². The van der Waals surface area contributed by atoms with Crippen LogP contribution < -0.4 is 0 Å². The number of rotatable bonds is 0. The standard InChI is InChI=1S/C7H3BrCl2N2/c1-3-4(8)5(9)6(11-2)7(10)12-3/h1H3. The zero-order chi connectivity index (χ0) is 9.30. The molecule has 0 aliphatic rings. The molecular weight excluding hydrogens is 263 g/mol.